The predicted octanol–water partition coefficient (Wildman–Crippen LogP) is 1.06. The van der Waals surface area contributed by atoms with E-state index in [2.05, 4.69) is 5.32 Å². The van der Waals surface area contributed by atoms with Gasteiger partial charge < -0.3 is 15.2 Å². The number of aliphatic hydroxyl groups excluding tert-OH is 1. The molecule has 0 spiro atoms. The molecule has 3 nitrogen and oxygen atoms in total. The van der Waals surface area contributed by atoms with Crippen molar-refractivity contribution in [3.8, 4) is 0 Å². The van der Waals surface area contributed by atoms with Gasteiger partial charge in [-0.1, -0.05) is 12.8 Å². The molecule has 2 rings (SSSR count). The zero-order valence-corrected chi connectivity index (χ0v) is 8.74. The highest BCUT2D eigenvalue weighted by Crippen LogP contribution is 2.19. The Balaban J connectivity index is 1.67. The van der Waals surface area contributed by atoms with Crippen molar-refractivity contribution in [2.24, 2.45) is 0 Å². The summed E-state index contributed by atoms with van der Waals surface area (Å²) in [4.78, 5) is 0. The Morgan fingerprint density at radius 3 is 2.71 bits per heavy atom. The van der Waals surface area contributed by atoms with Crippen molar-refractivity contribution >= 4 is 0 Å². The van der Waals surface area contributed by atoms with Crippen molar-refractivity contribution in [1.29, 1.82) is 0 Å². The van der Waals surface area contributed by atoms with Crippen molar-refractivity contribution in [3.05, 3.63) is 0 Å². The van der Waals surface area contributed by atoms with E-state index in [0.29, 0.717) is 12.1 Å². The fourth-order valence-electron chi connectivity index (χ4n) is 2.44. The molecule has 1 saturated carbocycles. The number of ether oxygens (including phenoxy) is 1. The third-order valence-electron chi connectivity index (χ3n) is 3.36. The second kappa shape index (κ2) is 5.10. The summed E-state index contributed by atoms with van der Waals surface area (Å²) in [6.45, 7) is 1.83. The first-order valence-electron chi connectivity index (χ1n) is 5.89. The van der Waals surface area contributed by atoms with Gasteiger partial charge in [0.25, 0.3) is 0 Å². The van der Waals surface area contributed by atoms with Gasteiger partial charge in [-0.25, -0.2) is 0 Å². The monoisotopic (exact) mass is 199 g/mol. The second-order valence-electron chi connectivity index (χ2n) is 4.50. The summed E-state index contributed by atoms with van der Waals surface area (Å²) in [7, 11) is 0. The Kier molecular flexibility index (Phi) is 3.79. The number of hydrogen-bond acceptors (Lipinski definition) is 3. The van der Waals surface area contributed by atoms with Gasteiger partial charge >= 0.3 is 0 Å². The van der Waals surface area contributed by atoms with Crippen LogP contribution in [0, 0.1) is 0 Å². The average Bonchev–Trinajstić information content (AvgIpc) is 2.69. The summed E-state index contributed by atoms with van der Waals surface area (Å²) in [6, 6.07) is 0.313. The maximum atomic E-state index is 9.74. The van der Waals surface area contributed by atoms with Crippen LogP contribution < -0.4 is 5.32 Å². The molecule has 3 atom stereocenters. The van der Waals surface area contributed by atoms with Crippen molar-refractivity contribution in [2.45, 2.75) is 56.8 Å². The Labute approximate surface area is 85.8 Å². The van der Waals surface area contributed by atoms with Gasteiger partial charge in [-0.3, -0.25) is 0 Å². The molecule has 1 saturated heterocycles. The minimum absolute atomic E-state index is 0.134. The Bertz CT molecular complexity index is 169. The molecule has 0 radical (unpaired) electrons. The highest BCUT2D eigenvalue weighted by atomic mass is 16.5. The molecule has 0 aromatic carbocycles. The smallest absolute Gasteiger partial charge is 0.0700 e. The molecule has 1 aliphatic heterocycles. The fourth-order valence-corrected chi connectivity index (χ4v) is 2.44. The molecule has 82 valence electrons. The summed E-state index contributed by atoms with van der Waals surface area (Å²) < 4.78 is 5.54. The first-order valence-corrected chi connectivity index (χ1v) is 5.89. The molecule has 2 N–H and O–H groups in total. The van der Waals surface area contributed by atoms with Gasteiger partial charge in [0.15, 0.2) is 0 Å². The van der Waals surface area contributed by atoms with Crippen LogP contribution in [0.4, 0.5) is 0 Å². The van der Waals surface area contributed by atoms with Crippen molar-refractivity contribution in [1.82, 2.24) is 5.32 Å². The molecule has 0 unspecified atom stereocenters. The first-order chi connectivity index (χ1) is 6.86. The van der Waals surface area contributed by atoms with Crippen LogP contribution in [0.1, 0.15) is 38.5 Å². The minimum atomic E-state index is -0.134. The van der Waals surface area contributed by atoms with Crippen LogP contribution in [-0.4, -0.2) is 36.5 Å². The quantitative estimate of drug-likeness (QED) is 0.714. The van der Waals surface area contributed by atoms with Crippen LogP contribution in [0.3, 0.4) is 0 Å². The molecule has 3 heteroatoms. The number of rotatable bonds is 3. The zero-order chi connectivity index (χ0) is 9.80. The molecule has 0 bridgehead atoms. The second-order valence-corrected chi connectivity index (χ2v) is 4.50. The van der Waals surface area contributed by atoms with Gasteiger partial charge in [0, 0.05) is 19.2 Å². The zero-order valence-electron chi connectivity index (χ0n) is 8.74. The Morgan fingerprint density at radius 1 is 1.14 bits per heavy atom. The summed E-state index contributed by atoms with van der Waals surface area (Å²) >= 11 is 0. The first kappa shape index (κ1) is 10.4. The molecule has 0 aromatic heterocycles. The predicted molar refractivity (Wildman–Crippen MR) is 55.2 cm³/mol. The largest absolute Gasteiger partial charge is 0.392 e. The van der Waals surface area contributed by atoms with Crippen LogP contribution in [0.5, 0.6) is 0 Å². The minimum Gasteiger partial charge on any atom is -0.392 e. The maximum Gasteiger partial charge on any atom is 0.0700 e. The topological polar surface area (TPSA) is 41.5 Å². The van der Waals surface area contributed by atoms with E-state index in [1.807, 2.05) is 0 Å². The number of aliphatic hydroxyl groups is 1. The highest BCUT2D eigenvalue weighted by Gasteiger charge is 2.24. The van der Waals surface area contributed by atoms with Crippen LogP contribution in [0.25, 0.3) is 0 Å². The Morgan fingerprint density at radius 2 is 2.00 bits per heavy atom. The van der Waals surface area contributed by atoms with E-state index >= 15 is 0 Å². The van der Waals surface area contributed by atoms with Gasteiger partial charge in [-0.05, 0) is 25.7 Å². The van der Waals surface area contributed by atoms with E-state index in [1.165, 1.54) is 25.7 Å². The summed E-state index contributed by atoms with van der Waals surface area (Å²) in [6.07, 6.45) is 7.14. The third kappa shape index (κ3) is 2.69. The number of hydrogen-bond donors (Lipinski definition) is 2. The third-order valence-corrected chi connectivity index (χ3v) is 3.36. The van der Waals surface area contributed by atoms with Gasteiger partial charge in [-0.2, -0.15) is 0 Å². The molecule has 1 aliphatic carbocycles. The van der Waals surface area contributed by atoms with Crippen molar-refractivity contribution in [2.75, 3.05) is 13.2 Å². The van der Waals surface area contributed by atoms with E-state index in [0.717, 1.165) is 26.0 Å². The van der Waals surface area contributed by atoms with E-state index in [9.17, 15) is 5.11 Å². The molecule has 14 heavy (non-hydrogen) atoms. The van der Waals surface area contributed by atoms with Gasteiger partial charge in [0.05, 0.1) is 12.2 Å². The normalized spacial score (nSPS) is 38.8. The fraction of sp³-hybridized carbons (Fsp3) is 1.00. The lowest BCUT2D eigenvalue weighted by molar-refractivity contribution is 0.0696. The standard InChI is InChI=1S/C11H21NO2/c13-11-6-2-1-5-10(11)12-8-9-4-3-7-14-9/h9-13H,1-8H2/t9-,10+,11-/m1/s1. The van der Waals surface area contributed by atoms with E-state index < -0.39 is 0 Å². The molecule has 0 amide bonds. The van der Waals surface area contributed by atoms with Crippen LogP contribution >= 0.6 is 0 Å². The molecular formula is C11H21NO2. The lowest BCUT2D eigenvalue weighted by Crippen LogP contribution is -2.44. The Hall–Kier alpha value is -0.120. The molecule has 2 fully saturated rings. The maximum absolute atomic E-state index is 9.74. The van der Waals surface area contributed by atoms with Crippen LogP contribution in [0.15, 0.2) is 0 Å². The number of nitrogens with one attached hydrogen (secondary N) is 1. The van der Waals surface area contributed by atoms with Gasteiger partial charge in [-0.15, -0.1) is 0 Å². The van der Waals surface area contributed by atoms with E-state index in [-0.39, 0.29) is 6.10 Å². The van der Waals surface area contributed by atoms with E-state index in [4.69, 9.17) is 4.74 Å². The molecule has 0 aromatic rings. The summed E-state index contributed by atoms with van der Waals surface area (Å²) in [5, 5.41) is 13.2. The van der Waals surface area contributed by atoms with Gasteiger partial charge in [0.1, 0.15) is 0 Å². The lowest BCUT2D eigenvalue weighted by Gasteiger charge is -2.29. The van der Waals surface area contributed by atoms with Crippen LogP contribution in [-0.2, 0) is 4.74 Å². The highest BCUT2D eigenvalue weighted by molar-refractivity contribution is 4.81. The lowest BCUT2D eigenvalue weighted by atomic mass is 9.92. The SMILES string of the molecule is O[C@@H]1CCCC[C@@H]1NC[C@H]1CCCO1. The van der Waals surface area contributed by atoms with Gasteiger partial charge in [0.2, 0.25) is 0 Å². The van der Waals surface area contributed by atoms with E-state index in [1.54, 1.807) is 0 Å². The summed E-state index contributed by atoms with van der Waals surface area (Å²) in [5.74, 6) is 0. The van der Waals surface area contributed by atoms with Crippen molar-refractivity contribution in [3.63, 3.8) is 0 Å². The molecule has 2 aliphatic rings. The summed E-state index contributed by atoms with van der Waals surface area (Å²) in [5.41, 5.74) is 0. The average molecular weight is 199 g/mol. The molecule has 1 heterocycles. The molecular weight excluding hydrogens is 178 g/mol. The van der Waals surface area contributed by atoms with Crippen molar-refractivity contribution < 1.29 is 9.84 Å². The van der Waals surface area contributed by atoms with Crippen LogP contribution in [0.2, 0.25) is 0 Å².